The fraction of sp³-hybridized carbons (Fsp3) is 0.0182. The highest BCUT2D eigenvalue weighted by Crippen LogP contribution is 2.62. The van der Waals surface area contributed by atoms with Crippen molar-refractivity contribution < 1.29 is 4.74 Å². The molecule has 0 saturated carbocycles. The fourth-order valence-corrected chi connectivity index (χ4v) is 9.22. The Hall–Kier alpha value is -7.42. The first-order valence-electron chi connectivity index (χ1n) is 19.6. The van der Waals surface area contributed by atoms with Crippen molar-refractivity contribution >= 4 is 17.1 Å². The molecule has 2 aliphatic rings. The summed E-state index contributed by atoms with van der Waals surface area (Å²) in [5.41, 5.74) is 17.2. The molecule has 9 aromatic carbocycles. The van der Waals surface area contributed by atoms with E-state index in [-0.39, 0.29) is 0 Å². The predicted octanol–water partition coefficient (Wildman–Crippen LogP) is 14.6. The van der Waals surface area contributed by atoms with E-state index in [1.54, 1.807) is 0 Å². The fourth-order valence-electron chi connectivity index (χ4n) is 9.22. The molecule has 0 unspecified atom stereocenters. The first-order valence-corrected chi connectivity index (χ1v) is 19.6. The minimum Gasteiger partial charge on any atom is -0.457 e. The van der Waals surface area contributed by atoms with Crippen LogP contribution in [0.4, 0.5) is 17.1 Å². The van der Waals surface area contributed by atoms with Crippen LogP contribution in [0.15, 0.2) is 224 Å². The number of para-hydroxylation sites is 2. The quantitative estimate of drug-likeness (QED) is 0.169. The average Bonchev–Trinajstić information content (AvgIpc) is 3.58. The molecule has 0 fully saturated rings. The Kier molecular flexibility index (Phi) is 7.75. The van der Waals surface area contributed by atoms with E-state index in [1.165, 1.54) is 50.1 Å². The summed E-state index contributed by atoms with van der Waals surface area (Å²) in [6.45, 7) is 0. The Bertz CT molecular complexity index is 2830. The van der Waals surface area contributed by atoms with Crippen LogP contribution >= 0.6 is 0 Å². The SMILES string of the molecule is c1ccc(-c2cc(-c3ccccc3)cc(N(c3ccccc3)c3cccc(-c4ccc5c(c4)Oc4ccccc4C54c5ccccc5-c5ccccc54)c3)c2)cc1. The molecule has 0 aromatic heterocycles. The largest absolute Gasteiger partial charge is 0.457 e. The van der Waals surface area contributed by atoms with E-state index < -0.39 is 5.41 Å². The standard InChI is InChI=1S/C55H37NO/c1-4-17-38(18-5-1)42-33-43(39-19-6-2-7-20-39)36-46(35-42)56(44-22-8-3-9-23-44)45-24-16-21-40(34-45)41-31-32-52-54(37-41)57-53-30-15-14-29-51(53)55(52)49-27-12-10-25-47(49)48-26-11-13-28-50(48)55/h1-37H. The van der Waals surface area contributed by atoms with Gasteiger partial charge in [-0.15, -0.1) is 0 Å². The van der Waals surface area contributed by atoms with Crippen molar-refractivity contribution in [3.05, 3.63) is 247 Å². The maximum absolute atomic E-state index is 6.87. The normalized spacial score (nSPS) is 12.8. The summed E-state index contributed by atoms with van der Waals surface area (Å²) in [6.07, 6.45) is 0. The van der Waals surface area contributed by atoms with E-state index in [1.807, 2.05) is 0 Å². The minimum atomic E-state index is -0.484. The van der Waals surface area contributed by atoms with Crippen LogP contribution in [0.1, 0.15) is 22.3 Å². The van der Waals surface area contributed by atoms with E-state index in [4.69, 9.17) is 4.74 Å². The number of nitrogens with zero attached hydrogens (tertiary/aromatic N) is 1. The molecule has 1 aliphatic carbocycles. The zero-order chi connectivity index (χ0) is 37.8. The Morgan fingerprint density at radius 3 is 1.40 bits per heavy atom. The minimum absolute atomic E-state index is 0.484. The van der Waals surface area contributed by atoms with Gasteiger partial charge >= 0.3 is 0 Å². The maximum atomic E-state index is 6.87. The van der Waals surface area contributed by atoms with Gasteiger partial charge < -0.3 is 9.64 Å². The zero-order valence-corrected chi connectivity index (χ0v) is 31.2. The number of hydrogen-bond donors (Lipinski definition) is 0. The zero-order valence-electron chi connectivity index (χ0n) is 31.2. The highest BCUT2D eigenvalue weighted by atomic mass is 16.5. The van der Waals surface area contributed by atoms with Crippen molar-refractivity contribution in [1.82, 2.24) is 0 Å². The van der Waals surface area contributed by atoms with Gasteiger partial charge in [0.25, 0.3) is 0 Å². The molecule has 1 heterocycles. The average molecular weight is 728 g/mol. The molecule has 11 rings (SSSR count). The molecule has 0 atom stereocenters. The third-order valence-corrected chi connectivity index (χ3v) is 11.7. The van der Waals surface area contributed by atoms with Crippen LogP contribution in [0.3, 0.4) is 0 Å². The van der Waals surface area contributed by atoms with Gasteiger partial charge in [0.2, 0.25) is 0 Å². The van der Waals surface area contributed by atoms with Crippen LogP contribution in [0.25, 0.3) is 44.5 Å². The lowest BCUT2D eigenvalue weighted by Crippen LogP contribution is -2.32. The number of benzene rings is 9. The molecule has 2 nitrogen and oxygen atoms in total. The van der Waals surface area contributed by atoms with Crippen molar-refractivity contribution in [3.63, 3.8) is 0 Å². The van der Waals surface area contributed by atoms with Crippen LogP contribution < -0.4 is 9.64 Å². The van der Waals surface area contributed by atoms with Crippen LogP contribution in [-0.2, 0) is 5.41 Å². The molecule has 0 bridgehead atoms. The Balaban J connectivity index is 1.07. The van der Waals surface area contributed by atoms with Gasteiger partial charge in [-0.1, -0.05) is 170 Å². The van der Waals surface area contributed by atoms with E-state index in [9.17, 15) is 0 Å². The lowest BCUT2D eigenvalue weighted by atomic mass is 9.66. The number of rotatable bonds is 6. The van der Waals surface area contributed by atoms with Crippen molar-refractivity contribution in [1.29, 1.82) is 0 Å². The van der Waals surface area contributed by atoms with Crippen LogP contribution in [0.5, 0.6) is 11.5 Å². The van der Waals surface area contributed by atoms with Crippen LogP contribution in [0.2, 0.25) is 0 Å². The van der Waals surface area contributed by atoms with Gasteiger partial charge in [0, 0.05) is 28.2 Å². The van der Waals surface area contributed by atoms with Crippen molar-refractivity contribution in [2.45, 2.75) is 5.41 Å². The smallest absolute Gasteiger partial charge is 0.132 e. The molecule has 57 heavy (non-hydrogen) atoms. The van der Waals surface area contributed by atoms with Gasteiger partial charge in [-0.05, 0) is 110 Å². The van der Waals surface area contributed by atoms with Gasteiger partial charge in [-0.25, -0.2) is 0 Å². The summed E-state index contributed by atoms with van der Waals surface area (Å²) in [5, 5.41) is 0. The second-order valence-corrected chi connectivity index (χ2v) is 14.9. The maximum Gasteiger partial charge on any atom is 0.132 e. The molecule has 1 aliphatic heterocycles. The summed E-state index contributed by atoms with van der Waals surface area (Å²) in [4.78, 5) is 2.37. The third-order valence-electron chi connectivity index (χ3n) is 11.7. The molecule has 0 radical (unpaired) electrons. The molecule has 1 spiro atoms. The molecule has 2 heteroatoms. The predicted molar refractivity (Wildman–Crippen MR) is 235 cm³/mol. The first kappa shape index (κ1) is 33.0. The summed E-state index contributed by atoms with van der Waals surface area (Å²) >= 11 is 0. The van der Waals surface area contributed by atoms with E-state index >= 15 is 0 Å². The first-order chi connectivity index (χ1) is 28.3. The summed E-state index contributed by atoms with van der Waals surface area (Å²) in [7, 11) is 0. The van der Waals surface area contributed by atoms with Gasteiger partial charge in [0.1, 0.15) is 11.5 Å². The second kappa shape index (κ2) is 13.4. The number of ether oxygens (including phenoxy) is 1. The number of hydrogen-bond acceptors (Lipinski definition) is 2. The summed E-state index contributed by atoms with van der Waals surface area (Å²) in [5.74, 6) is 1.77. The Labute approximate surface area is 333 Å². The van der Waals surface area contributed by atoms with Gasteiger partial charge in [0.05, 0.1) is 5.41 Å². The molecule has 0 amide bonds. The summed E-state index contributed by atoms with van der Waals surface area (Å²) in [6, 6.07) is 80.9. The number of anilines is 3. The lowest BCUT2D eigenvalue weighted by molar-refractivity contribution is 0.436. The van der Waals surface area contributed by atoms with Gasteiger partial charge in [0.15, 0.2) is 0 Å². The monoisotopic (exact) mass is 727 g/mol. The molecule has 0 N–H and O–H groups in total. The second-order valence-electron chi connectivity index (χ2n) is 14.9. The van der Waals surface area contributed by atoms with Gasteiger partial charge in [-0.2, -0.15) is 0 Å². The van der Waals surface area contributed by atoms with Crippen molar-refractivity contribution in [2.75, 3.05) is 4.90 Å². The highest BCUT2D eigenvalue weighted by molar-refractivity contribution is 5.90. The Morgan fingerprint density at radius 2 is 0.754 bits per heavy atom. The third kappa shape index (κ3) is 5.33. The van der Waals surface area contributed by atoms with Gasteiger partial charge in [-0.3, -0.25) is 0 Å². The molecular formula is C55H37NO. The number of fused-ring (bicyclic) bond motifs is 9. The molecule has 268 valence electrons. The molecule has 0 saturated heterocycles. The van der Waals surface area contributed by atoms with E-state index in [0.717, 1.165) is 45.3 Å². The van der Waals surface area contributed by atoms with E-state index in [0.29, 0.717) is 0 Å². The van der Waals surface area contributed by atoms with Crippen LogP contribution in [-0.4, -0.2) is 0 Å². The highest BCUT2D eigenvalue weighted by Gasteiger charge is 2.50. The Morgan fingerprint density at radius 1 is 0.281 bits per heavy atom. The summed E-state index contributed by atoms with van der Waals surface area (Å²) < 4.78 is 6.87. The molecule has 9 aromatic rings. The van der Waals surface area contributed by atoms with Crippen LogP contribution in [0, 0.1) is 0 Å². The van der Waals surface area contributed by atoms with E-state index in [2.05, 4.69) is 229 Å². The lowest BCUT2D eigenvalue weighted by Gasteiger charge is -2.39. The van der Waals surface area contributed by atoms with Crippen molar-refractivity contribution in [2.24, 2.45) is 0 Å². The topological polar surface area (TPSA) is 12.5 Å². The van der Waals surface area contributed by atoms with Crippen molar-refractivity contribution in [3.8, 4) is 56.0 Å². The molecular weight excluding hydrogens is 691 g/mol.